The molecule has 1 aromatic carbocycles. The van der Waals surface area contributed by atoms with Crippen molar-refractivity contribution in [1.29, 1.82) is 0 Å². The maximum Gasteiger partial charge on any atom is 0.361 e. The summed E-state index contributed by atoms with van der Waals surface area (Å²) in [5, 5.41) is 0.437. The van der Waals surface area contributed by atoms with E-state index in [0.29, 0.717) is 5.30 Å². The first-order valence-corrected chi connectivity index (χ1v) is 8.19. The van der Waals surface area contributed by atoms with E-state index in [0.717, 1.165) is 0 Å². The van der Waals surface area contributed by atoms with Crippen LogP contribution in [0.1, 0.15) is 0 Å². The Labute approximate surface area is 130 Å². The standard InChI is InChI=1S/C14H23O7P/c1-16-13(17-2)10-20-22(15,12-8-6-5-7-9-12)21-11-14(18-3)19-4/h5-9,13-14H,10-11H2,1-4H3. The Morgan fingerprint density at radius 2 is 1.23 bits per heavy atom. The van der Waals surface area contributed by atoms with Gasteiger partial charge in [0.1, 0.15) is 13.2 Å². The van der Waals surface area contributed by atoms with Crippen molar-refractivity contribution in [3.8, 4) is 0 Å². The summed E-state index contributed by atoms with van der Waals surface area (Å²) in [6.07, 6.45) is -1.28. The molecule has 0 saturated heterocycles. The molecular formula is C14H23O7P. The molecule has 0 amide bonds. The first-order valence-electron chi connectivity index (χ1n) is 6.65. The number of ether oxygens (including phenoxy) is 4. The molecule has 0 spiro atoms. The minimum atomic E-state index is -3.55. The van der Waals surface area contributed by atoms with Crippen molar-refractivity contribution in [2.75, 3.05) is 41.7 Å². The molecule has 0 atom stereocenters. The predicted octanol–water partition coefficient (Wildman–Crippen LogP) is 1.78. The second-order valence-corrected chi connectivity index (χ2v) is 6.25. The van der Waals surface area contributed by atoms with E-state index in [4.69, 9.17) is 28.0 Å². The molecule has 0 aromatic heterocycles. The first kappa shape index (κ1) is 19.3. The summed E-state index contributed by atoms with van der Waals surface area (Å²) in [6, 6.07) is 8.66. The zero-order valence-electron chi connectivity index (χ0n) is 13.3. The van der Waals surface area contributed by atoms with E-state index in [1.165, 1.54) is 28.4 Å². The van der Waals surface area contributed by atoms with E-state index in [1.807, 2.05) is 6.07 Å². The molecule has 0 N–H and O–H groups in total. The van der Waals surface area contributed by atoms with Gasteiger partial charge < -0.3 is 18.9 Å². The van der Waals surface area contributed by atoms with E-state index in [1.54, 1.807) is 24.3 Å². The SMILES string of the molecule is COC(COP(=O)(OCC(OC)OC)c1ccccc1)OC. The fraction of sp³-hybridized carbons (Fsp3) is 0.571. The highest BCUT2D eigenvalue weighted by atomic mass is 31.2. The van der Waals surface area contributed by atoms with Crippen molar-refractivity contribution in [3.63, 3.8) is 0 Å². The number of methoxy groups -OCH3 is 4. The topological polar surface area (TPSA) is 72.5 Å². The number of hydrogen-bond donors (Lipinski definition) is 0. The Balaban J connectivity index is 2.83. The maximum atomic E-state index is 13.0. The van der Waals surface area contributed by atoms with Gasteiger partial charge in [0.2, 0.25) is 0 Å². The zero-order chi connectivity index (χ0) is 16.4. The highest BCUT2D eigenvalue weighted by Crippen LogP contribution is 2.47. The second kappa shape index (κ2) is 10.1. The van der Waals surface area contributed by atoms with Crippen LogP contribution in [0.2, 0.25) is 0 Å². The molecule has 1 aromatic rings. The highest BCUT2D eigenvalue weighted by molar-refractivity contribution is 7.62. The van der Waals surface area contributed by atoms with Crippen LogP contribution in [-0.2, 0) is 32.6 Å². The van der Waals surface area contributed by atoms with Crippen LogP contribution in [0.4, 0.5) is 0 Å². The Morgan fingerprint density at radius 1 is 0.818 bits per heavy atom. The van der Waals surface area contributed by atoms with Crippen molar-refractivity contribution >= 4 is 12.9 Å². The molecule has 22 heavy (non-hydrogen) atoms. The molecule has 0 aliphatic heterocycles. The van der Waals surface area contributed by atoms with E-state index in [9.17, 15) is 4.57 Å². The van der Waals surface area contributed by atoms with Crippen LogP contribution in [0.3, 0.4) is 0 Å². The molecule has 0 bridgehead atoms. The summed E-state index contributed by atoms with van der Waals surface area (Å²) in [5.41, 5.74) is 0. The third-order valence-electron chi connectivity index (χ3n) is 2.89. The monoisotopic (exact) mass is 334 g/mol. The van der Waals surface area contributed by atoms with E-state index in [-0.39, 0.29) is 13.2 Å². The lowest BCUT2D eigenvalue weighted by atomic mass is 10.4. The number of rotatable bonds is 11. The van der Waals surface area contributed by atoms with Crippen molar-refractivity contribution < 1.29 is 32.6 Å². The largest absolute Gasteiger partial charge is 0.361 e. The summed E-state index contributed by atoms with van der Waals surface area (Å²) >= 11 is 0. The Hall–Kier alpha value is -0.790. The van der Waals surface area contributed by atoms with Gasteiger partial charge in [0.25, 0.3) is 0 Å². The average Bonchev–Trinajstić information content (AvgIpc) is 2.57. The first-order chi connectivity index (χ1) is 10.6. The lowest BCUT2D eigenvalue weighted by molar-refractivity contribution is -0.131. The van der Waals surface area contributed by atoms with Crippen LogP contribution in [0.15, 0.2) is 30.3 Å². The fourth-order valence-corrected chi connectivity index (χ4v) is 3.13. The summed E-state index contributed by atoms with van der Waals surface area (Å²) < 4.78 is 44.1. The quantitative estimate of drug-likeness (QED) is 0.451. The van der Waals surface area contributed by atoms with Crippen LogP contribution >= 0.6 is 7.60 Å². The van der Waals surface area contributed by atoms with Crippen molar-refractivity contribution in [1.82, 2.24) is 0 Å². The van der Waals surface area contributed by atoms with Gasteiger partial charge in [-0.3, -0.25) is 13.6 Å². The van der Waals surface area contributed by atoms with Crippen molar-refractivity contribution in [2.24, 2.45) is 0 Å². The van der Waals surface area contributed by atoms with E-state index >= 15 is 0 Å². The molecule has 7 nitrogen and oxygen atoms in total. The van der Waals surface area contributed by atoms with Gasteiger partial charge in [-0.25, -0.2) is 0 Å². The minimum Gasteiger partial charge on any atom is -0.354 e. The molecule has 0 heterocycles. The summed E-state index contributed by atoms with van der Waals surface area (Å²) in [6.45, 7) is -0.0758. The molecule has 0 unspecified atom stereocenters. The summed E-state index contributed by atoms with van der Waals surface area (Å²) in [7, 11) is 2.33. The number of hydrogen-bond acceptors (Lipinski definition) is 7. The van der Waals surface area contributed by atoms with Gasteiger partial charge in [0.15, 0.2) is 12.6 Å². The summed E-state index contributed by atoms with van der Waals surface area (Å²) in [5.74, 6) is 0. The van der Waals surface area contributed by atoms with Gasteiger partial charge in [0.05, 0.1) is 5.30 Å². The highest BCUT2D eigenvalue weighted by Gasteiger charge is 2.30. The minimum absolute atomic E-state index is 0.0379. The third-order valence-corrected chi connectivity index (χ3v) is 4.79. The third kappa shape index (κ3) is 5.78. The second-order valence-electron chi connectivity index (χ2n) is 4.23. The average molecular weight is 334 g/mol. The maximum absolute atomic E-state index is 13.0. The molecule has 0 aliphatic carbocycles. The molecule has 0 aliphatic rings. The molecule has 126 valence electrons. The van der Waals surface area contributed by atoms with E-state index < -0.39 is 20.2 Å². The van der Waals surface area contributed by atoms with Crippen LogP contribution in [0.25, 0.3) is 0 Å². The van der Waals surface area contributed by atoms with Gasteiger partial charge in [-0.2, -0.15) is 0 Å². The fourth-order valence-electron chi connectivity index (χ4n) is 1.58. The molecular weight excluding hydrogens is 311 g/mol. The predicted molar refractivity (Wildman–Crippen MR) is 81.2 cm³/mol. The van der Waals surface area contributed by atoms with Gasteiger partial charge in [-0.1, -0.05) is 18.2 Å². The van der Waals surface area contributed by atoms with Crippen molar-refractivity contribution in [3.05, 3.63) is 30.3 Å². The zero-order valence-corrected chi connectivity index (χ0v) is 14.2. The van der Waals surface area contributed by atoms with Crippen LogP contribution in [0.5, 0.6) is 0 Å². The molecule has 1 rings (SSSR count). The normalized spacial score (nSPS) is 12.3. The Morgan fingerprint density at radius 3 is 1.59 bits per heavy atom. The van der Waals surface area contributed by atoms with Crippen molar-refractivity contribution in [2.45, 2.75) is 12.6 Å². The van der Waals surface area contributed by atoms with E-state index in [2.05, 4.69) is 0 Å². The van der Waals surface area contributed by atoms with Gasteiger partial charge in [-0.05, 0) is 12.1 Å². The lowest BCUT2D eigenvalue weighted by Gasteiger charge is -2.23. The van der Waals surface area contributed by atoms with Gasteiger partial charge in [-0.15, -0.1) is 0 Å². The molecule has 0 fully saturated rings. The van der Waals surface area contributed by atoms with Gasteiger partial charge >= 0.3 is 7.60 Å². The smallest absolute Gasteiger partial charge is 0.354 e. The Kier molecular flexibility index (Phi) is 8.82. The lowest BCUT2D eigenvalue weighted by Crippen LogP contribution is -2.25. The van der Waals surface area contributed by atoms with Crippen LogP contribution in [0, 0.1) is 0 Å². The molecule has 8 heteroatoms. The van der Waals surface area contributed by atoms with Crippen LogP contribution in [-0.4, -0.2) is 54.2 Å². The van der Waals surface area contributed by atoms with Gasteiger partial charge in [0, 0.05) is 28.4 Å². The van der Waals surface area contributed by atoms with Crippen LogP contribution < -0.4 is 5.30 Å². The Bertz CT molecular complexity index is 426. The number of benzene rings is 1. The molecule has 0 saturated carbocycles. The summed E-state index contributed by atoms with van der Waals surface area (Å²) in [4.78, 5) is 0. The molecule has 0 radical (unpaired) electrons.